The molecule has 3 rings (SSSR count). The van der Waals surface area contributed by atoms with E-state index in [0.717, 1.165) is 29.2 Å². The summed E-state index contributed by atoms with van der Waals surface area (Å²) in [6, 6.07) is 22.4. The van der Waals surface area contributed by atoms with Crippen LogP contribution in [0.3, 0.4) is 0 Å². The Morgan fingerprint density at radius 2 is 1.87 bits per heavy atom. The number of nitrogens with zero attached hydrogens (tertiary/aromatic N) is 1. The van der Waals surface area contributed by atoms with Gasteiger partial charge in [-0.1, -0.05) is 36.4 Å². The second-order valence-corrected chi connectivity index (χ2v) is 6.13. The van der Waals surface area contributed by atoms with Gasteiger partial charge in [-0.2, -0.15) is 0 Å². The minimum absolute atomic E-state index is 0.569. The highest BCUT2D eigenvalue weighted by atomic mass is 32.1. The van der Waals surface area contributed by atoms with E-state index in [2.05, 4.69) is 34.6 Å². The Balaban J connectivity index is 1.62. The molecule has 3 nitrogen and oxygen atoms in total. The highest BCUT2D eigenvalue weighted by molar-refractivity contribution is 7.12. The van der Waals surface area contributed by atoms with Gasteiger partial charge in [0.25, 0.3) is 0 Å². The van der Waals surface area contributed by atoms with Gasteiger partial charge in [-0.15, -0.1) is 11.3 Å². The molecule has 0 atom stereocenters. The number of benzene rings is 2. The lowest BCUT2D eigenvalue weighted by Gasteiger charge is -2.07. The lowest BCUT2D eigenvalue weighted by molar-refractivity contribution is 1.02. The van der Waals surface area contributed by atoms with Gasteiger partial charge in [0.15, 0.2) is 0 Å². The first-order chi connectivity index (χ1) is 11.3. The minimum Gasteiger partial charge on any atom is -0.385 e. The highest BCUT2D eigenvalue weighted by Crippen LogP contribution is 2.17. The van der Waals surface area contributed by atoms with Crippen molar-refractivity contribution in [3.63, 3.8) is 0 Å². The van der Waals surface area contributed by atoms with Crippen molar-refractivity contribution in [3.8, 4) is 0 Å². The molecule has 23 heavy (non-hydrogen) atoms. The Morgan fingerprint density at radius 3 is 2.65 bits per heavy atom. The molecule has 0 unspecified atom stereocenters. The average Bonchev–Trinajstić information content (AvgIpc) is 3.11. The Hall–Kier alpha value is -2.59. The van der Waals surface area contributed by atoms with Crippen LogP contribution in [0.15, 0.2) is 77.1 Å². The predicted octanol–water partition coefficient (Wildman–Crippen LogP) is 4.44. The van der Waals surface area contributed by atoms with Crippen LogP contribution < -0.4 is 11.1 Å². The first-order valence-electron chi connectivity index (χ1n) is 7.57. The van der Waals surface area contributed by atoms with Gasteiger partial charge in [0.2, 0.25) is 0 Å². The van der Waals surface area contributed by atoms with E-state index in [0.29, 0.717) is 5.84 Å². The predicted molar refractivity (Wildman–Crippen MR) is 99.8 cm³/mol. The summed E-state index contributed by atoms with van der Waals surface area (Å²) < 4.78 is 0. The summed E-state index contributed by atoms with van der Waals surface area (Å²) in [6.45, 7) is 0.886. The fraction of sp³-hybridized carbons (Fsp3) is 0.105. The van der Waals surface area contributed by atoms with E-state index in [4.69, 9.17) is 5.73 Å². The van der Waals surface area contributed by atoms with E-state index in [1.54, 1.807) is 11.3 Å². The van der Waals surface area contributed by atoms with Crippen LogP contribution in [0, 0.1) is 0 Å². The molecule has 1 aromatic heterocycles. The number of para-hydroxylation sites is 1. The number of thiophene rings is 1. The molecule has 4 heteroatoms. The van der Waals surface area contributed by atoms with Gasteiger partial charge < -0.3 is 11.1 Å². The van der Waals surface area contributed by atoms with Crippen molar-refractivity contribution >= 4 is 28.5 Å². The van der Waals surface area contributed by atoms with Gasteiger partial charge in [0.1, 0.15) is 5.84 Å². The van der Waals surface area contributed by atoms with Crippen LogP contribution >= 0.6 is 11.3 Å². The van der Waals surface area contributed by atoms with Crippen LogP contribution in [0.1, 0.15) is 10.4 Å². The van der Waals surface area contributed by atoms with Gasteiger partial charge in [-0.25, -0.2) is 4.99 Å². The molecule has 0 spiro atoms. The van der Waals surface area contributed by atoms with Gasteiger partial charge in [-0.3, -0.25) is 0 Å². The summed E-state index contributed by atoms with van der Waals surface area (Å²) >= 11 is 1.60. The van der Waals surface area contributed by atoms with Gasteiger partial charge in [0.05, 0.1) is 10.6 Å². The molecule has 0 fully saturated rings. The van der Waals surface area contributed by atoms with Crippen LogP contribution in [-0.4, -0.2) is 12.4 Å². The summed E-state index contributed by atoms with van der Waals surface area (Å²) in [4.78, 5) is 5.51. The number of anilines is 1. The lowest BCUT2D eigenvalue weighted by Crippen LogP contribution is -2.10. The summed E-state index contributed by atoms with van der Waals surface area (Å²) in [5.74, 6) is 0.569. The van der Waals surface area contributed by atoms with Crippen molar-refractivity contribution in [3.05, 3.63) is 82.6 Å². The summed E-state index contributed by atoms with van der Waals surface area (Å²) in [7, 11) is 0. The van der Waals surface area contributed by atoms with Crippen LogP contribution in [0.5, 0.6) is 0 Å². The van der Waals surface area contributed by atoms with Crippen molar-refractivity contribution < 1.29 is 0 Å². The van der Waals surface area contributed by atoms with Crippen molar-refractivity contribution in [1.29, 1.82) is 0 Å². The number of rotatable bonds is 6. The van der Waals surface area contributed by atoms with E-state index in [1.165, 1.54) is 5.56 Å². The maximum absolute atomic E-state index is 6.05. The van der Waals surface area contributed by atoms with Crippen LogP contribution in [0.25, 0.3) is 0 Å². The number of hydrogen-bond donors (Lipinski definition) is 2. The maximum atomic E-state index is 6.05. The maximum Gasteiger partial charge on any atom is 0.141 e. The first-order valence-corrected chi connectivity index (χ1v) is 8.45. The zero-order valence-electron chi connectivity index (χ0n) is 12.8. The molecule has 1 heterocycles. The van der Waals surface area contributed by atoms with Gasteiger partial charge >= 0.3 is 0 Å². The molecule has 2 aromatic carbocycles. The summed E-state index contributed by atoms with van der Waals surface area (Å²) in [5.41, 5.74) is 9.33. The monoisotopic (exact) mass is 321 g/mol. The van der Waals surface area contributed by atoms with Gasteiger partial charge in [0, 0.05) is 12.2 Å². The number of amidine groups is 1. The first kappa shape index (κ1) is 15.3. The molecule has 0 bridgehead atoms. The molecule has 0 aliphatic carbocycles. The molecular weight excluding hydrogens is 302 g/mol. The zero-order valence-corrected chi connectivity index (χ0v) is 13.6. The number of nitrogens with two attached hydrogens (primary N) is 1. The second kappa shape index (κ2) is 7.61. The average molecular weight is 321 g/mol. The van der Waals surface area contributed by atoms with E-state index in [-0.39, 0.29) is 0 Å². The summed E-state index contributed by atoms with van der Waals surface area (Å²) in [6.07, 6.45) is 0.942. The normalized spacial score (nSPS) is 11.4. The lowest BCUT2D eigenvalue weighted by atomic mass is 10.1. The molecule has 0 radical (unpaired) electrons. The van der Waals surface area contributed by atoms with Gasteiger partial charge in [-0.05, 0) is 47.7 Å². The molecule has 0 saturated carbocycles. The standard InChI is InChI=1S/C19H19N3S/c20-19(18-10-5-13-23-18)22-17-9-4-6-15(14-17)11-12-21-16-7-2-1-3-8-16/h1-10,13-14,21H,11-12H2,(H2,20,22). The molecule has 0 aliphatic heterocycles. The Morgan fingerprint density at radius 1 is 1.00 bits per heavy atom. The van der Waals surface area contributed by atoms with E-state index < -0.39 is 0 Å². The molecule has 0 amide bonds. The van der Waals surface area contributed by atoms with E-state index in [9.17, 15) is 0 Å². The SMILES string of the molecule is NC(=Nc1cccc(CCNc2ccccc2)c1)c1cccs1. The largest absolute Gasteiger partial charge is 0.385 e. The third-order valence-corrected chi connectivity index (χ3v) is 4.34. The van der Waals surface area contributed by atoms with Crippen LogP contribution in [-0.2, 0) is 6.42 Å². The quantitative estimate of drug-likeness (QED) is 0.521. The van der Waals surface area contributed by atoms with E-state index in [1.807, 2.05) is 47.8 Å². The van der Waals surface area contributed by atoms with Crippen molar-refractivity contribution in [1.82, 2.24) is 0 Å². The Bertz CT molecular complexity index is 764. The van der Waals surface area contributed by atoms with Crippen molar-refractivity contribution in [2.75, 3.05) is 11.9 Å². The zero-order chi connectivity index (χ0) is 15.9. The Labute approximate surface area is 140 Å². The molecular formula is C19H19N3S. The minimum atomic E-state index is 0.569. The molecule has 3 aromatic rings. The van der Waals surface area contributed by atoms with E-state index >= 15 is 0 Å². The highest BCUT2D eigenvalue weighted by Gasteiger charge is 2.01. The third kappa shape index (κ3) is 4.44. The summed E-state index contributed by atoms with van der Waals surface area (Å²) in [5, 5.41) is 5.42. The Kier molecular flexibility index (Phi) is 5.06. The molecule has 3 N–H and O–H groups in total. The van der Waals surface area contributed by atoms with Crippen LogP contribution in [0.2, 0.25) is 0 Å². The fourth-order valence-electron chi connectivity index (χ4n) is 2.31. The molecule has 0 aliphatic rings. The molecule has 116 valence electrons. The number of aliphatic imine (C=N–C) groups is 1. The number of nitrogens with one attached hydrogen (secondary N) is 1. The smallest absolute Gasteiger partial charge is 0.141 e. The third-order valence-electron chi connectivity index (χ3n) is 3.45. The van der Waals surface area contributed by atoms with Crippen molar-refractivity contribution in [2.45, 2.75) is 6.42 Å². The van der Waals surface area contributed by atoms with Crippen molar-refractivity contribution in [2.24, 2.45) is 10.7 Å². The topological polar surface area (TPSA) is 50.4 Å². The molecule has 0 saturated heterocycles. The fourth-order valence-corrected chi connectivity index (χ4v) is 2.93. The van der Waals surface area contributed by atoms with Crippen LogP contribution in [0.4, 0.5) is 11.4 Å². The second-order valence-electron chi connectivity index (χ2n) is 5.19. The number of hydrogen-bond acceptors (Lipinski definition) is 3.